The van der Waals surface area contributed by atoms with Crippen LogP contribution >= 0.6 is 11.6 Å². The van der Waals surface area contributed by atoms with E-state index in [2.05, 4.69) is 21.9 Å². The van der Waals surface area contributed by atoms with Gasteiger partial charge in [-0.15, -0.1) is 0 Å². The average molecular weight is 472 g/mol. The first kappa shape index (κ1) is 22.1. The summed E-state index contributed by atoms with van der Waals surface area (Å²) >= 11 is 6.17. The summed E-state index contributed by atoms with van der Waals surface area (Å²) in [6.45, 7) is 7.75. The summed E-state index contributed by atoms with van der Waals surface area (Å²) in [7, 11) is 0. The van der Waals surface area contributed by atoms with E-state index in [1.165, 1.54) is 18.2 Å². The average Bonchev–Trinajstić information content (AvgIpc) is 3.34. The lowest BCUT2D eigenvalue weighted by atomic mass is 10.1. The van der Waals surface area contributed by atoms with Crippen LogP contribution in [0.4, 0.5) is 4.39 Å². The molecule has 0 N–H and O–H groups in total. The van der Waals surface area contributed by atoms with E-state index in [4.69, 9.17) is 16.3 Å². The van der Waals surface area contributed by atoms with Crippen molar-refractivity contribution in [2.45, 2.75) is 52.3 Å². The molecule has 0 aliphatic carbocycles. The minimum Gasteiger partial charge on any atom is -0.489 e. The second-order valence-corrected chi connectivity index (χ2v) is 9.24. The lowest BCUT2D eigenvalue weighted by Crippen LogP contribution is -2.38. The quantitative estimate of drug-likeness (QED) is 0.557. The summed E-state index contributed by atoms with van der Waals surface area (Å²) in [6.07, 6.45) is 4.57. The number of piperidine rings is 1. The van der Waals surface area contributed by atoms with Gasteiger partial charge in [0, 0.05) is 24.7 Å². The smallest absolute Gasteiger partial charge is 0.258 e. The molecule has 7 nitrogen and oxygen atoms in total. The maximum atomic E-state index is 14.1. The van der Waals surface area contributed by atoms with Crippen molar-refractivity contribution in [3.8, 4) is 5.75 Å². The minimum atomic E-state index is -0.413. The van der Waals surface area contributed by atoms with Gasteiger partial charge in [-0.1, -0.05) is 18.5 Å². The van der Waals surface area contributed by atoms with Gasteiger partial charge >= 0.3 is 0 Å². The highest BCUT2D eigenvalue weighted by molar-refractivity contribution is 6.31. The Hall–Kier alpha value is -2.71. The second-order valence-electron chi connectivity index (χ2n) is 8.83. The zero-order valence-corrected chi connectivity index (χ0v) is 19.6. The molecule has 9 heteroatoms. The number of hydrogen-bond donors (Lipinski definition) is 0. The Kier molecular flexibility index (Phi) is 5.97. The summed E-state index contributed by atoms with van der Waals surface area (Å²) in [5.74, 6) is -0.299. The van der Waals surface area contributed by atoms with Crippen LogP contribution in [0.2, 0.25) is 5.02 Å². The number of halogens is 2. The monoisotopic (exact) mass is 471 g/mol. The van der Waals surface area contributed by atoms with E-state index in [1.54, 1.807) is 15.6 Å². The molecule has 1 aromatic carbocycles. The summed E-state index contributed by atoms with van der Waals surface area (Å²) in [4.78, 5) is 22.1. The first-order valence-electron chi connectivity index (χ1n) is 11.4. The molecule has 0 saturated carbocycles. The van der Waals surface area contributed by atoms with Crippen LogP contribution in [-0.2, 0) is 13.1 Å². The number of ether oxygens (including phenoxy) is 1. The molecule has 2 aliphatic heterocycles. The fraction of sp³-hybridized carbons (Fsp3) is 0.458. The zero-order chi connectivity index (χ0) is 23.1. The number of benzene rings is 1. The number of amides is 1. The highest BCUT2D eigenvalue weighted by Gasteiger charge is 2.32. The van der Waals surface area contributed by atoms with Gasteiger partial charge in [-0.05, 0) is 44.9 Å². The number of rotatable bonds is 5. The molecule has 2 aromatic heterocycles. The van der Waals surface area contributed by atoms with Gasteiger partial charge in [0.1, 0.15) is 17.7 Å². The fourth-order valence-corrected chi connectivity index (χ4v) is 4.81. The highest BCUT2D eigenvalue weighted by Crippen LogP contribution is 2.31. The van der Waals surface area contributed by atoms with Crippen LogP contribution in [0.15, 0.2) is 24.4 Å². The third-order valence-corrected chi connectivity index (χ3v) is 6.81. The number of aromatic nitrogens is 3. The molecule has 1 fully saturated rings. The largest absolute Gasteiger partial charge is 0.489 e. The minimum absolute atomic E-state index is 0.0247. The van der Waals surface area contributed by atoms with Crippen molar-refractivity contribution in [3.05, 3.63) is 57.8 Å². The third-order valence-electron chi connectivity index (χ3n) is 6.44. The predicted octanol–water partition coefficient (Wildman–Crippen LogP) is 4.24. The number of hydrogen-bond acceptors (Lipinski definition) is 5. The van der Waals surface area contributed by atoms with Gasteiger partial charge in [0.2, 0.25) is 0 Å². The van der Waals surface area contributed by atoms with Gasteiger partial charge in [0.15, 0.2) is 5.65 Å². The van der Waals surface area contributed by atoms with Crippen molar-refractivity contribution in [2.75, 3.05) is 19.6 Å². The second kappa shape index (κ2) is 8.91. The summed E-state index contributed by atoms with van der Waals surface area (Å²) in [5.41, 5.74) is 3.51. The molecule has 0 unspecified atom stereocenters. The summed E-state index contributed by atoms with van der Waals surface area (Å²) < 4.78 is 21.9. The van der Waals surface area contributed by atoms with Crippen LogP contribution in [0.3, 0.4) is 0 Å². The van der Waals surface area contributed by atoms with Crippen molar-refractivity contribution < 1.29 is 13.9 Å². The number of likely N-dealkylation sites (tertiary alicyclic amines) is 1. The van der Waals surface area contributed by atoms with Crippen LogP contribution < -0.4 is 4.74 Å². The molecular weight excluding hydrogens is 445 g/mol. The van der Waals surface area contributed by atoms with Crippen molar-refractivity contribution in [3.63, 3.8) is 0 Å². The van der Waals surface area contributed by atoms with Gasteiger partial charge in [-0.2, -0.15) is 5.10 Å². The molecule has 5 rings (SSSR count). The maximum absolute atomic E-state index is 14.1. The standard InChI is InChI=1S/C24H27ClFN5O2/c1-3-8-29-9-6-17(7-10-29)33-22-11-16(26)4-5-18(22)24(32)30-12-19-21(14-30)28-31-13-20(25)15(2)27-23(19)31/h4-5,11,13,17H,3,6-10,12,14H2,1-2H3. The number of carbonyl (C=O) groups excluding carboxylic acids is 1. The van der Waals surface area contributed by atoms with Gasteiger partial charge < -0.3 is 14.5 Å². The van der Waals surface area contributed by atoms with Gasteiger partial charge in [-0.3, -0.25) is 4.79 Å². The van der Waals surface area contributed by atoms with Crippen LogP contribution in [-0.4, -0.2) is 56.0 Å². The molecule has 174 valence electrons. The molecule has 2 aliphatic rings. The van der Waals surface area contributed by atoms with Crippen molar-refractivity contribution in [1.29, 1.82) is 0 Å². The molecule has 3 aromatic rings. The topological polar surface area (TPSA) is 63.0 Å². The van der Waals surface area contributed by atoms with E-state index in [1.807, 2.05) is 6.92 Å². The molecule has 4 heterocycles. The number of aryl methyl sites for hydroxylation is 1. The SMILES string of the molecule is CCCN1CCC(Oc2cc(F)ccc2C(=O)N2Cc3nn4cc(Cl)c(C)nc4c3C2)CC1. The van der Waals surface area contributed by atoms with E-state index in [0.717, 1.165) is 55.8 Å². The molecule has 33 heavy (non-hydrogen) atoms. The molecule has 0 radical (unpaired) electrons. The Morgan fingerprint density at radius 3 is 2.82 bits per heavy atom. The predicted molar refractivity (Wildman–Crippen MR) is 123 cm³/mol. The molecule has 1 amide bonds. The van der Waals surface area contributed by atoms with Crippen LogP contribution in [0.25, 0.3) is 5.65 Å². The lowest BCUT2D eigenvalue weighted by Gasteiger charge is -2.32. The zero-order valence-electron chi connectivity index (χ0n) is 18.9. The van der Waals surface area contributed by atoms with Crippen molar-refractivity contribution in [1.82, 2.24) is 24.4 Å². The van der Waals surface area contributed by atoms with Crippen LogP contribution in [0.5, 0.6) is 5.75 Å². The van der Waals surface area contributed by atoms with E-state index < -0.39 is 5.82 Å². The van der Waals surface area contributed by atoms with Crippen molar-refractivity contribution in [2.24, 2.45) is 0 Å². The Morgan fingerprint density at radius 1 is 1.27 bits per heavy atom. The normalized spacial score (nSPS) is 17.0. The first-order valence-corrected chi connectivity index (χ1v) is 11.8. The fourth-order valence-electron chi connectivity index (χ4n) is 4.67. The maximum Gasteiger partial charge on any atom is 0.258 e. The van der Waals surface area contributed by atoms with Gasteiger partial charge in [0.25, 0.3) is 5.91 Å². The first-order chi connectivity index (χ1) is 15.9. The van der Waals surface area contributed by atoms with Crippen molar-refractivity contribution >= 4 is 23.2 Å². The number of fused-ring (bicyclic) bond motifs is 3. The van der Waals surface area contributed by atoms with Crippen LogP contribution in [0, 0.1) is 12.7 Å². The lowest BCUT2D eigenvalue weighted by molar-refractivity contribution is 0.0727. The van der Waals surface area contributed by atoms with E-state index in [9.17, 15) is 9.18 Å². The highest BCUT2D eigenvalue weighted by atomic mass is 35.5. The molecule has 1 saturated heterocycles. The van der Waals surface area contributed by atoms with E-state index >= 15 is 0 Å². The van der Waals surface area contributed by atoms with Crippen LogP contribution in [0.1, 0.15) is 53.5 Å². The van der Waals surface area contributed by atoms with Gasteiger partial charge in [0.05, 0.1) is 41.3 Å². The number of nitrogens with zero attached hydrogens (tertiary/aromatic N) is 5. The summed E-state index contributed by atoms with van der Waals surface area (Å²) in [5, 5.41) is 5.10. The Bertz CT molecular complexity index is 1210. The molecular formula is C24H27ClFN5O2. The van der Waals surface area contributed by atoms with Gasteiger partial charge in [-0.25, -0.2) is 13.9 Å². The van der Waals surface area contributed by atoms with E-state index in [-0.39, 0.29) is 12.0 Å². The molecule has 0 atom stereocenters. The third kappa shape index (κ3) is 4.29. The molecule has 0 spiro atoms. The Morgan fingerprint density at radius 2 is 2.06 bits per heavy atom. The Labute approximate surface area is 197 Å². The number of carbonyl (C=O) groups is 1. The Balaban J connectivity index is 1.34. The van der Waals surface area contributed by atoms with E-state index in [0.29, 0.717) is 35.1 Å². The molecule has 0 bridgehead atoms. The summed E-state index contributed by atoms with van der Waals surface area (Å²) in [6, 6.07) is 4.15.